The van der Waals surface area contributed by atoms with Gasteiger partial charge >= 0.3 is 11.9 Å². The van der Waals surface area contributed by atoms with Crippen molar-refractivity contribution in [2.75, 3.05) is 0 Å². The third kappa shape index (κ3) is 7.61. The highest BCUT2D eigenvalue weighted by Gasteiger charge is 2.19. The van der Waals surface area contributed by atoms with Gasteiger partial charge in [-0.3, -0.25) is 9.78 Å². The van der Waals surface area contributed by atoms with Crippen molar-refractivity contribution in [2.24, 2.45) is 0 Å². The Morgan fingerprint density at radius 2 is 1.13 bits per heavy atom. The number of unbranched alkanes of at least 4 members (excludes halogenated alkanes) is 2. The summed E-state index contributed by atoms with van der Waals surface area (Å²) in [5.41, 5.74) is 2.97. The summed E-state index contributed by atoms with van der Waals surface area (Å²) in [6.07, 6.45) is 3.89. The molecule has 0 fully saturated rings. The minimum atomic E-state index is -1.01. The fourth-order valence-electron chi connectivity index (χ4n) is 2.72. The van der Waals surface area contributed by atoms with Gasteiger partial charge in [-0.15, -0.1) is 9.78 Å². The SMILES string of the molecule is CCCCCC(OOC(=O)c1ccc(CC)cc1)OOC(=O)c1ccc(CC)cc1. The van der Waals surface area contributed by atoms with Crippen LogP contribution in [0.25, 0.3) is 0 Å². The first kappa shape index (κ1) is 23.6. The molecule has 0 saturated heterocycles. The number of hydrogen-bond acceptors (Lipinski definition) is 6. The number of aryl methyl sites for hydroxylation is 2. The molecular weight excluding hydrogens is 384 g/mol. The predicted molar refractivity (Wildman–Crippen MR) is 113 cm³/mol. The van der Waals surface area contributed by atoms with E-state index in [1.807, 2.05) is 38.1 Å². The summed E-state index contributed by atoms with van der Waals surface area (Å²) in [5.74, 6) is -1.27. The van der Waals surface area contributed by atoms with Crippen LogP contribution in [-0.2, 0) is 32.4 Å². The van der Waals surface area contributed by atoms with Crippen molar-refractivity contribution in [1.29, 1.82) is 0 Å². The largest absolute Gasteiger partial charge is 0.373 e. The Morgan fingerprint density at radius 1 is 0.700 bits per heavy atom. The van der Waals surface area contributed by atoms with Crippen molar-refractivity contribution in [3.05, 3.63) is 70.8 Å². The van der Waals surface area contributed by atoms with Crippen LogP contribution < -0.4 is 0 Å². The smallest absolute Gasteiger partial charge is 0.290 e. The number of carbonyl (C=O) groups excluding carboxylic acids is 2. The second-order valence-corrected chi connectivity index (χ2v) is 6.96. The summed E-state index contributed by atoms with van der Waals surface area (Å²) in [4.78, 5) is 44.5. The van der Waals surface area contributed by atoms with Gasteiger partial charge in [-0.1, -0.05) is 57.9 Å². The van der Waals surface area contributed by atoms with Crippen LogP contribution in [0.15, 0.2) is 48.5 Å². The molecule has 0 atom stereocenters. The van der Waals surface area contributed by atoms with Gasteiger partial charge in [0, 0.05) is 6.42 Å². The molecule has 0 aromatic heterocycles. The van der Waals surface area contributed by atoms with Gasteiger partial charge in [0.2, 0.25) is 6.29 Å². The molecule has 0 saturated carbocycles. The summed E-state index contributed by atoms with van der Waals surface area (Å²) >= 11 is 0. The summed E-state index contributed by atoms with van der Waals surface area (Å²) in [5, 5.41) is 0. The zero-order valence-corrected chi connectivity index (χ0v) is 17.9. The topological polar surface area (TPSA) is 71.1 Å². The molecule has 0 spiro atoms. The Labute approximate surface area is 178 Å². The average molecular weight is 414 g/mol. The van der Waals surface area contributed by atoms with Gasteiger partial charge in [0.15, 0.2) is 0 Å². The van der Waals surface area contributed by atoms with Crippen LogP contribution in [0.2, 0.25) is 0 Å². The summed E-state index contributed by atoms with van der Waals surface area (Å²) in [6.45, 7) is 6.14. The minimum Gasteiger partial charge on any atom is -0.290 e. The summed E-state index contributed by atoms with van der Waals surface area (Å²) in [6, 6.07) is 14.1. The highest BCUT2D eigenvalue weighted by molar-refractivity contribution is 5.89. The number of rotatable bonds is 12. The van der Waals surface area contributed by atoms with Crippen molar-refractivity contribution in [3.8, 4) is 0 Å². The Morgan fingerprint density at radius 3 is 1.50 bits per heavy atom. The fraction of sp³-hybridized carbons (Fsp3) is 0.417. The normalized spacial score (nSPS) is 10.8. The molecule has 2 rings (SSSR count). The van der Waals surface area contributed by atoms with Crippen LogP contribution in [0.4, 0.5) is 0 Å². The fourth-order valence-corrected chi connectivity index (χ4v) is 2.72. The van der Waals surface area contributed by atoms with Gasteiger partial charge in [-0.2, -0.15) is 0 Å². The average Bonchev–Trinajstić information content (AvgIpc) is 2.80. The van der Waals surface area contributed by atoms with E-state index >= 15 is 0 Å². The molecule has 6 nitrogen and oxygen atoms in total. The van der Waals surface area contributed by atoms with Crippen LogP contribution in [-0.4, -0.2) is 18.2 Å². The lowest BCUT2D eigenvalue weighted by atomic mass is 10.1. The molecule has 0 radical (unpaired) electrons. The van der Waals surface area contributed by atoms with Crippen molar-refractivity contribution in [2.45, 2.75) is 65.6 Å². The first-order valence-corrected chi connectivity index (χ1v) is 10.5. The maximum atomic E-state index is 12.2. The molecule has 162 valence electrons. The standard InChI is InChI=1S/C24H30O6/c1-4-7-8-9-22(27-29-23(25)20-14-10-18(5-2)11-15-20)28-30-24(26)21-16-12-19(6-3)13-17-21/h10-17,22H,4-9H2,1-3H3. The molecule has 0 heterocycles. The lowest BCUT2D eigenvalue weighted by Crippen LogP contribution is -2.22. The van der Waals surface area contributed by atoms with Crippen molar-refractivity contribution >= 4 is 11.9 Å². The predicted octanol–water partition coefficient (Wildman–Crippen LogP) is 5.59. The zero-order valence-electron chi connectivity index (χ0n) is 17.9. The van der Waals surface area contributed by atoms with Gasteiger partial charge < -0.3 is 0 Å². The van der Waals surface area contributed by atoms with Crippen molar-refractivity contribution < 1.29 is 29.1 Å². The molecule has 30 heavy (non-hydrogen) atoms. The highest BCUT2D eigenvalue weighted by atomic mass is 17.3. The lowest BCUT2D eigenvalue weighted by molar-refractivity contribution is -0.421. The monoisotopic (exact) mass is 414 g/mol. The number of benzene rings is 2. The highest BCUT2D eigenvalue weighted by Crippen LogP contribution is 2.14. The maximum absolute atomic E-state index is 12.2. The number of carbonyl (C=O) groups is 2. The van der Waals surface area contributed by atoms with E-state index in [1.165, 1.54) is 0 Å². The van der Waals surface area contributed by atoms with Gasteiger partial charge in [0.1, 0.15) is 0 Å². The zero-order chi connectivity index (χ0) is 21.8. The molecule has 0 aliphatic carbocycles. The Hall–Kier alpha value is -2.70. The van der Waals surface area contributed by atoms with Crippen LogP contribution in [0.5, 0.6) is 0 Å². The van der Waals surface area contributed by atoms with E-state index in [0.717, 1.165) is 43.2 Å². The minimum absolute atomic E-state index is 0.368. The summed E-state index contributed by atoms with van der Waals surface area (Å²) in [7, 11) is 0. The second kappa shape index (κ2) is 12.8. The van der Waals surface area contributed by atoms with Gasteiger partial charge in [0.05, 0.1) is 11.1 Å². The van der Waals surface area contributed by atoms with Gasteiger partial charge in [0.25, 0.3) is 0 Å². The van der Waals surface area contributed by atoms with Crippen molar-refractivity contribution in [3.63, 3.8) is 0 Å². The molecule has 0 unspecified atom stereocenters. The quantitative estimate of drug-likeness (QED) is 0.195. The number of hydrogen-bond donors (Lipinski definition) is 0. The van der Waals surface area contributed by atoms with Crippen LogP contribution in [0.1, 0.15) is 78.3 Å². The van der Waals surface area contributed by atoms with Gasteiger partial charge in [-0.25, -0.2) is 9.59 Å². The van der Waals surface area contributed by atoms with E-state index in [1.54, 1.807) is 24.3 Å². The molecule has 0 bridgehead atoms. The summed E-state index contributed by atoms with van der Waals surface area (Å²) < 4.78 is 0. The van der Waals surface area contributed by atoms with Crippen LogP contribution in [0, 0.1) is 0 Å². The van der Waals surface area contributed by atoms with E-state index < -0.39 is 18.2 Å². The first-order chi connectivity index (χ1) is 14.6. The Bertz CT molecular complexity index is 719. The van der Waals surface area contributed by atoms with E-state index in [0.29, 0.717) is 17.5 Å². The second-order valence-electron chi connectivity index (χ2n) is 6.96. The lowest BCUT2D eigenvalue weighted by Gasteiger charge is -2.15. The van der Waals surface area contributed by atoms with Crippen molar-refractivity contribution in [1.82, 2.24) is 0 Å². The third-order valence-corrected chi connectivity index (χ3v) is 4.70. The van der Waals surface area contributed by atoms with E-state index in [-0.39, 0.29) is 0 Å². The third-order valence-electron chi connectivity index (χ3n) is 4.70. The van der Waals surface area contributed by atoms with E-state index in [4.69, 9.17) is 19.6 Å². The molecule has 6 heteroatoms. The van der Waals surface area contributed by atoms with Crippen LogP contribution in [0.3, 0.4) is 0 Å². The molecule has 0 aliphatic heterocycles. The molecular formula is C24H30O6. The molecule has 0 aliphatic rings. The van der Waals surface area contributed by atoms with Crippen LogP contribution >= 0.6 is 0 Å². The van der Waals surface area contributed by atoms with Gasteiger partial charge in [-0.05, 0) is 54.7 Å². The van der Waals surface area contributed by atoms with E-state index in [9.17, 15) is 9.59 Å². The maximum Gasteiger partial charge on any atom is 0.373 e. The van der Waals surface area contributed by atoms with E-state index in [2.05, 4.69) is 6.92 Å². The molecule has 0 amide bonds. The molecule has 0 N–H and O–H groups in total. The Kier molecular flexibility index (Phi) is 10.0. The molecule has 2 aromatic carbocycles. The first-order valence-electron chi connectivity index (χ1n) is 10.5. The Balaban J connectivity index is 1.89. The molecule has 2 aromatic rings.